The van der Waals surface area contributed by atoms with Crippen molar-refractivity contribution in [1.82, 2.24) is 20.4 Å². The van der Waals surface area contributed by atoms with Crippen LogP contribution in [0.25, 0.3) is 0 Å². The summed E-state index contributed by atoms with van der Waals surface area (Å²) in [6.45, 7) is 7.43. The number of nitrogens with one attached hydrogen (secondary N) is 2. The third-order valence-corrected chi connectivity index (χ3v) is 3.93. The predicted octanol–water partition coefficient (Wildman–Crippen LogP) is 1.25. The molecule has 1 aromatic carbocycles. The Morgan fingerprint density at radius 2 is 1.64 bits per heavy atom. The number of hydrogen-bond donors (Lipinski definition) is 2. The summed E-state index contributed by atoms with van der Waals surface area (Å²) in [5.41, 5.74) is 1.16. The first-order valence-electron chi connectivity index (χ1n) is 8.83. The Morgan fingerprint density at radius 3 is 2.16 bits per heavy atom. The molecule has 0 aliphatic heterocycles. The molecule has 0 bridgehead atoms. The van der Waals surface area contributed by atoms with Crippen LogP contribution in [-0.4, -0.2) is 67.9 Å². The van der Waals surface area contributed by atoms with Crippen molar-refractivity contribution in [3.63, 3.8) is 0 Å². The lowest BCUT2D eigenvalue weighted by Crippen LogP contribution is -2.45. The van der Waals surface area contributed by atoms with E-state index in [1.807, 2.05) is 58.0 Å². The first kappa shape index (κ1) is 21.1. The van der Waals surface area contributed by atoms with Gasteiger partial charge >= 0.3 is 0 Å². The van der Waals surface area contributed by atoms with Crippen molar-refractivity contribution in [2.45, 2.75) is 32.9 Å². The number of benzene rings is 1. The van der Waals surface area contributed by atoms with Gasteiger partial charge < -0.3 is 15.5 Å². The zero-order valence-corrected chi connectivity index (χ0v) is 16.1. The fraction of sp³-hybridized carbons (Fsp3) is 0.579. The molecule has 1 atom stereocenters. The highest BCUT2D eigenvalue weighted by Crippen LogP contribution is 2.16. The molecule has 2 N–H and O–H groups in total. The van der Waals surface area contributed by atoms with Gasteiger partial charge in [0, 0.05) is 12.6 Å². The fourth-order valence-corrected chi connectivity index (χ4v) is 2.59. The molecule has 140 valence electrons. The van der Waals surface area contributed by atoms with Crippen molar-refractivity contribution in [2.75, 3.05) is 40.3 Å². The molecule has 2 amide bonds. The molecule has 1 rings (SSSR count). The lowest BCUT2D eigenvalue weighted by molar-refractivity contribution is -0.125. The molecule has 0 radical (unpaired) electrons. The fourth-order valence-electron chi connectivity index (χ4n) is 2.59. The summed E-state index contributed by atoms with van der Waals surface area (Å²) >= 11 is 0. The normalized spacial score (nSPS) is 12.5. The Bertz CT molecular complexity index is 531. The Kier molecular flexibility index (Phi) is 9.16. The molecule has 0 saturated carbocycles. The van der Waals surface area contributed by atoms with Crippen molar-refractivity contribution in [3.05, 3.63) is 35.9 Å². The summed E-state index contributed by atoms with van der Waals surface area (Å²) in [7, 11) is 4.00. The summed E-state index contributed by atoms with van der Waals surface area (Å²) in [6, 6.07) is 10.3. The van der Waals surface area contributed by atoms with E-state index in [1.165, 1.54) is 0 Å². The van der Waals surface area contributed by atoms with Gasteiger partial charge in [0.05, 0.1) is 19.1 Å². The van der Waals surface area contributed by atoms with Gasteiger partial charge in [0.2, 0.25) is 11.8 Å². The standard InChI is InChI=1S/C19H32N4O2/c1-6-23(14-19(25)21-15(2)3)13-18(24)20-12-17(22(4)5)16-10-8-7-9-11-16/h7-11,15,17H,6,12-14H2,1-5H3,(H,20,24)(H,21,25)/t17-/m0/s1. The molecule has 0 saturated heterocycles. The highest BCUT2D eigenvalue weighted by atomic mass is 16.2. The van der Waals surface area contributed by atoms with Gasteiger partial charge in [0.25, 0.3) is 0 Å². The monoisotopic (exact) mass is 348 g/mol. The lowest BCUT2D eigenvalue weighted by Gasteiger charge is -2.26. The van der Waals surface area contributed by atoms with Crippen LogP contribution in [0.4, 0.5) is 0 Å². The zero-order chi connectivity index (χ0) is 18.8. The van der Waals surface area contributed by atoms with E-state index in [0.717, 1.165) is 5.56 Å². The van der Waals surface area contributed by atoms with Crippen LogP contribution in [0, 0.1) is 0 Å². The first-order valence-corrected chi connectivity index (χ1v) is 8.83. The van der Waals surface area contributed by atoms with Crippen LogP contribution < -0.4 is 10.6 Å². The SMILES string of the molecule is CCN(CC(=O)NC[C@@H](c1ccccc1)N(C)C)CC(=O)NC(C)C. The van der Waals surface area contributed by atoms with Crippen molar-refractivity contribution in [2.24, 2.45) is 0 Å². The number of carbonyl (C=O) groups is 2. The number of amides is 2. The first-order chi connectivity index (χ1) is 11.8. The molecule has 0 unspecified atom stereocenters. The summed E-state index contributed by atoms with van der Waals surface area (Å²) in [6.07, 6.45) is 0. The number of nitrogens with zero attached hydrogens (tertiary/aromatic N) is 2. The summed E-state index contributed by atoms with van der Waals surface area (Å²) < 4.78 is 0. The topological polar surface area (TPSA) is 64.7 Å². The van der Waals surface area contributed by atoms with E-state index in [1.54, 1.807) is 0 Å². The van der Waals surface area contributed by atoms with Crippen molar-refractivity contribution in [1.29, 1.82) is 0 Å². The Hall–Kier alpha value is -1.92. The van der Waals surface area contributed by atoms with Crippen molar-refractivity contribution in [3.8, 4) is 0 Å². The Labute approximate surface area is 151 Å². The van der Waals surface area contributed by atoms with Crippen LogP contribution in [0.5, 0.6) is 0 Å². The maximum atomic E-state index is 12.3. The van der Waals surface area contributed by atoms with Gasteiger partial charge in [0.15, 0.2) is 0 Å². The molecule has 6 nitrogen and oxygen atoms in total. The van der Waals surface area contributed by atoms with E-state index >= 15 is 0 Å². The van der Waals surface area contributed by atoms with Crippen LogP contribution in [0.2, 0.25) is 0 Å². The molecule has 0 heterocycles. The molecule has 0 aliphatic rings. The Morgan fingerprint density at radius 1 is 1.04 bits per heavy atom. The molecule has 0 spiro atoms. The van der Waals surface area contributed by atoms with E-state index < -0.39 is 0 Å². The molecule has 0 aromatic heterocycles. The molecular formula is C19H32N4O2. The Balaban J connectivity index is 2.52. The minimum Gasteiger partial charge on any atom is -0.353 e. The van der Waals surface area contributed by atoms with E-state index in [2.05, 4.69) is 27.7 Å². The number of likely N-dealkylation sites (N-methyl/N-ethyl adjacent to an activating group) is 2. The molecule has 6 heteroatoms. The second kappa shape index (κ2) is 10.8. The number of hydrogen-bond acceptors (Lipinski definition) is 4. The van der Waals surface area contributed by atoms with Gasteiger partial charge in [-0.25, -0.2) is 0 Å². The molecule has 1 aromatic rings. The van der Waals surface area contributed by atoms with E-state index in [0.29, 0.717) is 13.1 Å². The van der Waals surface area contributed by atoms with Gasteiger partial charge in [-0.2, -0.15) is 0 Å². The molecular weight excluding hydrogens is 316 g/mol. The second-order valence-electron chi connectivity index (χ2n) is 6.72. The quantitative estimate of drug-likeness (QED) is 0.668. The van der Waals surface area contributed by atoms with Gasteiger partial charge in [-0.3, -0.25) is 14.5 Å². The van der Waals surface area contributed by atoms with E-state index in [4.69, 9.17) is 0 Å². The van der Waals surface area contributed by atoms with Crippen molar-refractivity contribution >= 4 is 11.8 Å². The minimum absolute atomic E-state index is 0.0555. The zero-order valence-electron chi connectivity index (χ0n) is 16.1. The van der Waals surface area contributed by atoms with Gasteiger partial charge in [-0.15, -0.1) is 0 Å². The van der Waals surface area contributed by atoms with Crippen molar-refractivity contribution < 1.29 is 9.59 Å². The second-order valence-corrected chi connectivity index (χ2v) is 6.72. The van der Waals surface area contributed by atoms with Crippen LogP contribution >= 0.6 is 0 Å². The van der Waals surface area contributed by atoms with Crippen LogP contribution in [0.1, 0.15) is 32.4 Å². The highest BCUT2D eigenvalue weighted by Gasteiger charge is 2.17. The van der Waals surface area contributed by atoms with Crippen LogP contribution in [-0.2, 0) is 9.59 Å². The van der Waals surface area contributed by atoms with Crippen LogP contribution in [0.3, 0.4) is 0 Å². The largest absolute Gasteiger partial charge is 0.353 e. The maximum absolute atomic E-state index is 12.3. The maximum Gasteiger partial charge on any atom is 0.234 e. The molecule has 0 fully saturated rings. The van der Waals surface area contributed by atoms with Gasteiger partial charge in [-0.1, -0.05) is 37.3 Å². The third kappa shape index (κ3) is 8.14. The van der Waals surface area contributed by atoms with Gasteiger partial charge in [-0.05, 0) is 40.1 Å². The highest BCUT2D eigenvalue weighted by molar-refractivity contribution is 5.81. The lowest BCUT2D eigenvalue weighted by atomic mass is 10.1. The summed E-state index contributed by atoms with van der Waals surface area (Å²) in [4.78, 5) is 28.0. The van der Waals surface area contributed by atoms with Gasteiger partial charge in [0.1, 0.15) is 0 Å². The van der Waals surface area contributed by atoms with E-state index in [9.17, 15) is 9.59 Å². The minimum atomic E-state index is -0.0676. The smallest absolute Gasteiger partial charge is 0.234 e. The number of rotatable bonds is 10. The predicted molar refractivity (Wildman–Crippen MR) is 101 cm³/mol. The summed E-state index contributed by atoms with van der Waals surface area (Å²) in [5, 5.41) is 5.84. The number of carbonyl (C=O) groups excluding carboxylic acids is 2. The van der Waals surface area contributed by atoms with Crippen LogP contribution in [0.15, 0.2) is 30.3 Å². The van der Waals surface area contributed by atoms with E-state index in [-0.39, 0.29) is 37.0 Å². The average Bonchev–Trinajstić information content (AvgIpc) is 2.54. The molecule has 0 aliphatic carbocycles. The molecule has 25 heavy (non-hydrogen) atoms. The average molecular weight is 348 g/mol. The third-order valence-electron chi connectivity index (χ3n) is 3.93. The summed E-state index contributed by atoms with van der Waals surface area (Å²) in [5.74, 6) is -0.123.